The molecule has 1 aliphatic heterocycles. The van der Waals surface area contributed by atoms with E-state index in [2.05, 4.69) is 5.32 Å². The molecule has 1 N–H and O–H groups in total. The van der Waals surface area contributed by atoms with Crippen LogP contribution in [0.5, 0.6) is 5.75 Å². The van der Waals surface area contributed by atoms with Gasteiger partial charge in [-0.15, -0.1) is 0 Å². The van der Waals surface area contributed by atoms with E-state index in [0.717, 1.165) is 17.7 Å². The first-order valence-electron chi connectivity index (χ1n) is 6.38. The summed E-state index contributed by atoms with van der Waals surface area (Å²) in [4.78, 5) is 0. The van der Waals surface area contributed by atoms with Crippen molar-refractivity contribution in [3.8, 4) is 5.75 Å². The minimum atomic E-state index is 0.0147. The highest BCUT2D eigenvalue weighted by Crippen LogP contribution is 2.42. The zero-order valence-electron chi connectivity index (χ0n) is 10.8. The maximum Gasteiger partial charge on any atom is 0.143 e. The van der Waals surface area contributed by atoms with Crippen molar-refractivity contribution in [3.63, 3.8) is 0 Å². The Morgan fingerprint density at radius 1 is 1.05 bits per heavy atom. The quantitative estimate of drug-likeness (QED) is 0.682. The van der Waals surface area contributed by atoms with Crippen molar-refractivity contribution in [3.05, 3.63) is 56.0 Å². The van der Waals surface area contributed by atoms with Crippen LogP contribution < -0.4 is 10.1 Å². The van der Waals surface area contributed by atoms with Crippen LogP contribution in [0, 0.1) is 0 Å². The number of ether oxygens (including phenoxy) is 1. The van der Waals surface area contributed by atoms with Crippen LogP contribution in [0.2, 0.25) is 20.1 Å². The van der Waals surface area contributed by atoms with Crippen LogP contribution in [-0.4, -0.2) is 6.61 Å². The van der Waals surface area contributed by atoms with Gasteiger partial charge in [0.1, 0.15) is 5.75 Å². The maximum atomic E-state index is 6.22. The van der Waals surface area contributed by atoms with E-state index < -0.39 is 0 Å². The van der Waals surface area contributed by atoms with Gasteiger partial charge >= 0.3 is 0 Å². The van der Waals surface area contributed by atoms with Crippen LogP contribution in [-0.2, 0) is 0 Å². The minimum absolute atomic E-state index is 0.0147. The third-order valence-corrected chi connectivity index (χ3v) is 4.66. The Balaban J connectivity index is 1.97. The lowest BCUT2D eigenvalue weighted by molar-refractivity contribution is 0.274. The standard InChI is InChI=1S/C15H11Cl4NO/c16-8-6-9-12(4-5-21-15(9)11(18)7-8)20-13-3-1-2-10(17)14(13)19/h1-3,6-7,12,20H,4-5H2. The van der Waals surface area contributed by atoms with Gasteiger partial charge in [0.25, 0.3) is 0 Å². The number of benzene rings is 2. The molecule has 6 heteroatoms. The molecule has 1 heterocycles. The summed E-state index contributed by atoms with van der Waals surface area (Å²) in [6.07, 6.45) is 0.784. The first-order valence-corrected chi connectivity index (χ1v) is 7.89. The molecule has 0 aliphatic carbocycles. The van der Waals surface area contributed by atoms with Crippen LogP contribution in [0.25, 0.3) is 0 Å². The van der Waals surface area contributed by atoms with Crippen molar-refractivity contribution < 1.29 is 4.74 Å². The Morgan fingerprint density at radius 2 is 1.86 bits per heavy atom. The smallest absolute Gasteiger partial charge is 0.143 e. The van der Waals surface area contributed by atoms with Crippen LogP contribution in [0.3, 0.4) is 0 Å². The molecule has 2 nitrogen and oxygen atoms in total. The molecule has 110 valence electrons. The highest BCUT2D eigenvalue weighted by atomic mass is 35.5. The molecule has 1 aliphatic rings. The van der Waals surface area contributed by atoms with Crippen LogP contribution in [0.4, 0.5) is 5.69 Å². The second-order valence-corrected chi connectivity index (χ2v) is 6.37. The second-order valence-electron chi connectivity index (χ2n) is 4.74. The Labute approximate surface area is 142 Å². The molecular weight excluding hydrogens is 352 g/mol. The average Bonchev–Trinajstić information content (AvgIpc) is 2.44. The van der Waals surface area contributed by atoms with Gasteiger partial charge in [0.05, 0.1) is 33.4 Å². The summed E-state index contributed by atoms with van der Waals surface area (Å²) in [6.45, 7) is 0.574. The summed E-state index contributed by atoms with van der Waals surface area (Å²) in [6, 6.07) is 9.04. The molecule has 0 saturated carbocycles. The molecule has 0 amide bonds. The number of hydrogen-bond acceptors (Lipinski definition) is 2. The minimum Gasteiger partial charge on any atom is -0.492 e. The fourth-order valence-corrected chi connectivity index (χ4v) is 3.30. The Kier molecular flexibility index (Phi) is 4.41. The zero-order valence-corrected chi connectivity index (χ0v) is 13.8. The summed E-state index contributed by atoms with van der Waals surface area (Å²) in [5, 5.41) is 5.49. The normalized spacial score (nSPS) is 17.0. The van der Waals surface area contributed by atoms with Crippen molar-refractivity contribution in [2.24, 2.45) is 0 Å². The van der Waals surface area contributed by atoms with Crippen LogP contribution >= 0.6 is 46.4 Å². The number of anilines is 1. The van der Waals surface area contributed by atoms with E-state index in [4.69, 9.17) is 51.1 Å². The van der Waals surface area contributed by atoms with Crippen LogP contribution in [0.15, 0.2) is 30.3 Å². The van der Waals surface area contributed by atoms with Gasteiger partial charge in [-0.25, -0.2) is 0 Å². The SMILES string of the molecule is Clc1cc(Cl)c2c(c1)C(Nc1cccc(Cl)c1Cl)CCO2. The predicted octanol–water partition coefficient (Wildman–Crippen LogP) is 6.24. The lowest BCUT2D eigenvalue weighted by atomic mass is 10.00. The van der Waals surface area contributed by atoms with Crippen molar-refractivity contribution in [1.82, 2.24) is 0 Å². The van der Waals surface area contributed by atoms with E-state index >= 15 is 0 Å². The summed E-state index contributed by atoms with van der Waals surface area (Å²) in [5.41, 5.74) is 1.70. The van der Waals surface area contributed by atoms with Crippen molar-refractivity contribution in [2.75, 3.05) is 11.9 Å². The second kappa shape index (κ2) is 6.13. The van der Waals surface area contributed by atoms with E-state index in [9.17, 15) is 0 Å². The molecule has 1 unspecified atom stereocenters. The molecule has 0 spiro atoms. The summed E-state index contributed by atoms with van der Waals surface area (Å²) in [7, 11) is 0. The Bertz CT molecular complexity index is 690. The molecule has 0 saturated heterocycles. The summed E-state index contributed by atoms with van der Waals surface area (Å²) >= 11 is 24.5. The molecule has 1 atom stereocenters. The highest BCUT2D eigenvalue weighted by Gasteiger charge is 2.25. The van der Waals surface area contributed by atoms with E-state index in [1.807, 2.05) is 18.2 Å². The molecule has 0 radical (unpaired) electrons. The summed E-state index contributed by atoms with van der Waals surface area (Å²) in [5.74, 6) is 0.669. The maximum absolute atomic E-state index is 6.22. The van der Waals surface area contributed by atoms with Crippen molar-refractivity contribution in [1.29, 1.82) is 0 Å². The zero-order chi connectivity index (χ0) is 15.0. The average molecular weight is 363 g/mol. The van der Waals surface area contributed by atoms with Gasteiger partial charge in [-0.2, -0.15) is 0 Å². The van der Waals surface area contributed by atoms with E-state index in [-0.39, 0.29) is 6.04 Å². The van der Waals surface area contributed by atoms with Gasteiger partial charge in [0.15, 0.2) is 0 Å². The lowest BCUT2D eigenvalue weighted by Gasteiger charge is -2.28. The fourth-order valence-electron chi connectivity index (χ4n) is 2.38. The largest absolute Gasteiger partial charge is 0.492 e. The molecule has 0 fully saturated rings. The molecular formula is C15H11Cl4NO. The van der Waals surface area contributed by atoms with Gasteiger partial charge in [-0.1, -0.05) is 52.5 Å². The third-order valence-electron chi connectivity index (χ3n) is 3.35. The summed E-state index contributed by atoms with van der Waals surface area (Å²) < 4.78 is 5.64. The number of rotatable bonds is 2. The first kappa shape index (κ1) is 15.1. The predicted molar refractivity (Wildman–Crippen MR) is 89.4 cm³/mol. The first-order chi connectivity index (χ1) is 10.1. The van der Waals surface area contributed by atoms with Crippen LogP contribution in [0.1, 0.15) is 18.0 Å². The van der Waals surface area contributed by atoms with Gasteiger partial charge in [-0.05, 0) is 24.3 Å². The molecule has 0 aromatic heterocycles. The number of nitrogens with one attached hydrogen (secondary N) is 1. The topological polar surface area (TPSA) is 21.3 Å². The van der Waals surface area contributed by atoms with E-state index in [0.29, 0.717) is 32.4 Å². The highest BCUT2D eigenvalue weighted by molar-refractivity contribution is 6.43. The molecule has 21 heavy (non-hydrogen) atoms. The van der Waals surface area contributed by atoms with Gasteiger partial charge < -0.3 is 10.1 Å². The molecule has 2 aromatic rings. The van der Waals surface area contributed by atoms with Gasteiger partial charge in [0, 0.05) is 17.0 Å². The Morgan fingerprint density at radius 3 is 2.67 bits per heavy atom. The Hall–Kier alpha value is -0.800. The van der Waals surface area contributed by atoms with Gasteiger partial charge in [0.2, 0.25) is 0 Å². The number of halogens is 4. The number of fused-ring (bicyclic) bond motifs is 1. The van der Waals surface area contributed by atoms with E-state index in [1.54, 1.807) is 12.1 Å². The fraction of sp³-hybridized carbons (Fsp3) is 0.200. The van der Waals surface area contributed by atoms with Gasteiger partial charge in [-0.3, -0.25) is 0 Å². The van der Waals surface area contributed by atoms with Crippen molar-refractivity contribution in [2.45, 2.75) is 12.5 Å². The molecule has 0 bridgehead atoms. The monoisotopic (exact) mass is 361 g/mol. The third kappa shape index (κ3) is 3.04. The van der Waals surface area contributed by atoms with Crippen molar-refractivity contribution >= 4 is 52.1 Å². The lowest BCUT2D eigenvalue weighted by Crippen LogP contribution is -2.20. The van der Waals surface area contributed by atoms with E-state index in [1.165, 1.54) is 0 Å². The molecule has 3 rings (SSSR count). The molecule has 2 aromatic carbocycles. The number of hydrogen-bond donors (Lipinski definition) is 1.